The normalized spacial score (nSPS) is 22.2. The smallest absolute Gasteiger partial charge is 0.349 e. The number of aromatic nitrogens is 2. The lowest BCUT2D eigenvalue weighted by atomic mass is 9.88. The summed E-state index contributed by atoms with van der Waals surface area (Å²) in [5.74, 6) is -1.06. The zero-order valence-corrected chi connectivity index (χ0v) is 17.5. The van der Waals surface area contributed by atoms with Crippen LogP contribution in [0.3, 0.4) is 0 Å². The summed E-state index contributed by atoms with van der Waals surface area (Å²) in [7, 11) is 0. The Morgan fingerprint density at radius 3 is 2.47 bits per heavy atom. The van der Waals surface area contributed by atoms with Gasteiger partial charge in [0.2, 0.25) is 5.91 Å². The highest BCUT2D eigenvalue weighted by atomic mass is 19.4. The lowest BCUT2D eigenvalue weighted by Crippen LogP contribution is -2.63. The topological polar surface area (TPSA) is 79.3 Å². The van der Waals surface area contributed by atoms with Crippen LogP contribution in [0.15, 0.2) is 43.0 Å². The van der Waals surface area contributed by atoms with Crippen LogP contribution in [0.1, 0.15) is 47.6 Å². The predicted molar refractivity (Wildman–Crippen MR) is 111 cm³/mol. The molecule has 1 aliphatic heterocycles. The average Bonchev–Trinajstić information content (AvgIpc) is 3.29. The third-order valence-corrected chi connectivity index (χ3v) is 6.27. The molecule has 172 valence electrons. The Balaban J connectivity index is 1.15. The number of imidazole rings is 1. The van der Waals surface area contributed by atoms with E-state index in [0.29, 0.717) is 12.1 Å². The molecule has 1 saturated carbocycles. The number of benzene rings is 1. The van der Waals surface area contributed by atoms with Crippen LogP contribution in [-0.4, -0.2) is 58.0 Å². The van der Waals surface area contributed by atoms with Gasteiger partial charge in [0.25, 0.3) is 5.91 Å². The van der Waals surface area contributed by atoms with Gasteiger partial charge in [-0.1, -0.05) is 6.07 Å². The number of carbonyl (C=O) groups is 2. The van der Waals surface area contributed by atoms with Gasteiger partial charge in [0.1, 0.15) is 0 Å². The molecule has 1 aliphatic carbocycles. The third kappa shape index (κ3) is 5.29. The molecule has 1 aromatic carbocycles. The van der Waals surface area contributed by atoms with Crippen molar-refractivity contribution in [1.82, 2.24) is 25.1 Å². The maximum Gasteiger partial charge on any atom is 0.416 e. The zero-order valence-electron chi connectivity index (χ0n) is 17.5. The molecular weight excluding hydrogens is 423 g/mol. The van der Waals surface area contributed by atoms with Crippen LogP contribution < -0.4 is 10.6 Å². The minimum absolute atomic E-state index is 0.0272. The van der Waals surface area contributed by atoms with Gasteiger partial charge < -0.3 is 15.2 Å². The summed E-state index contributed by atoms with van der Waals surface area (Å²) in [6, 6.07) is 5.18. The van der Waals surface area contributed by atoms with E-state index >= 15 is 0 Å². The molecule has 1 saturated heterocycles. The number of nitrogens with one attached hydrogen (secondary N) is 2. The van der Waals surface area contributed by atoms with Gasteiger partial charge >= 0.3 is 6.18 Å². The lowest BCUT2D eigenvalue weighted by molar-refractivity contribution is -0.137. The van der Waals surface area contributed by atoms with Gasteiger partial charge in [0, 0.05) is 43.1 Å². The van der Waals surface area contributed by atoms with Gasteiger partial charge in [0.15, 0.2) is 0 Å². The van der Waals surface area contributed by atoms with Gasteiger partial charge in [0.05, 0.1) is 24.5 Å². The molecule has 2 N–H and O–H groups in total. The van der Waals surface area contributed by atoms with Crippen LogP contribution >= 0.6 is 0 Å². The fourth-order valence-electron chi connectivity index (χ4n) is 4.49. The van der Waals surface area contributed by atoms with E-state index in [1.54, 1.807) is 6.20 Å². The first-order chi connectivity index (χ1) is 15.3. The molecule has 4 rings (SSSR count). The number of halogens is 3. The fourth-order valence-corrected chi connectivity index (χ4v) is 4.49. The van der Waals surface area contributed by atoms with E-state index in [9.17, 15) is 22.8 Å². The van der Waals surface area contributed by atoms with Crippen LogP contribution in [0.25, 0.3) is 0 Å². The van der Waals surface area contributed by atoms with E-state index in [-0.39, 0.29) is 24.1 Å². The second kappa shape index (κ2) is 9.32. The highest BCUT2D eigenvalue weighted by Gasteiger charge is 2.35. The van der Waals surface area contributed by atoms with E-state index in [1.807, 2.05) is 12.5 Å². The van der Waals surface area contributed by atoms with Gasteiger partial charge in [-0.05, 0) is 43.9 Å². The fraction of sp³-hybridized carbons (Fsp3) is 0.500. The molecule has 7 nitrogen and oxygen atoms in total. The van der Waals surface area contributed by atoms with Gasteiger partial charge in [-0.2, -0.15) is 13.2 Å². The Morgan fingerprint density at radius 1 is 1.09 bits per heavy atom. The number of hydrogen-bond donors (Lipinski definition) is 2. The van der Waals surface area contributed by atoms with Crippen LogP contribution in [0.2, 0.25) is 0 Å². The Bertz CT molecular complexity index is 933. The summed E-state index contributed by atoms with van der Waals surface area (Å²) in [4.78, 5) is 30.7. The molecule has 1 aromatic heterocycles. The second-order valence-corrected chi connectivity index (χ2v) is 8.45. The first kappa shape index (κ1) is 22.3. The molecule has 2 aromatic rings. The largest absolute Gasteiger partial charge is 0.416 e. The van der Waals surface area contributed by atoms with Gasteiger partial charge in [-0.3, -0.25) is 14.5 Å². The number of alkyl halides is 3. The predicted octanol–water partition coefficient (Wildman–Crippen LogP) is 2.62. The number of nitrogens with zero attached hydrogens (tertiary/aromatic N) is 3. The van der Waals surface area contributed by atoms with E-state index in [4.69, 9.17) is 0 Å². The van der Waals surface area contributed by atoms with Crippen molar-refractivity contribution in [3.8, 4) is 0 Å². The Kier molecular flexibility index (Phi) is 6.50. The monoisotopic (exact) mass is 449 g/mol. The number of amides is 2. The van der Waals surface area contributed by atoms with Crippen LogP contribution in [0.5, 0.6) is 0 Å². The highest BCUT2D eigenvalue weighted by Crippen LogP contribution is 2.32. The van der Waals surface area contributed by atoms with E-state index in [1.165, 1.54) is 12.1 Å². The van der Waals surface area contributed by atoms with Crippen LogP contribution in [-0.2, 0) is 11.0 Å². The first-order valence-electron chi connectivity index (χ1n) is 10.8. The zero-order chi connectivity index (χ0) is 22.7. The Labute approximate surface area is 184 Å². The average molecular weight is 449 g/mol. The summed E-state index contributed by atoms with van der Waals surface area (Å²) in [6.07, 6.45) is 5.58. The second-order valence-electron chi connectivity index (χ2n) is 8.45. The lowest BCUT2D eigenvalue weighted by Gasteiger charge is -2.46. The van der Waals surface area contributed by atoms with E-state index in [2.05, 4.69) is 25.1 Å². The molecule has 0 atom stereocenters. The highest BCUT2D eigenvalue weighted by molar-refractivity contribution is 5.96. The number of rotatable bonds is 6. The summed E-state index contributed by atoms with van der Waals surface area (Å²) >= 11 is 0. The van der Waals surface area contributed by atoms with E-state index in [0.717, 1.165) is 50.9 Å². The van der Waals surface area contributed by atoms with Crippen molar-refractivity contribution >= 4 is 11.8 Å². The number of carbonyl (C=O) groups excluding carboxylic acids is 2. The molecule has 0 radical (unpaired) electrons. The maximum atomic E-state index is 12.8. The van der Waals surface area contributed by atoms with Crippen molar-refractivity contribution in [2.75, 3.05) is 19.6 Å². The minimum Gasteiger partial charge on any atom is -0.349 e. The molecule has 2 heterocycles. The van der Waals surface area contributed by atoms with Crippen molar-refractivity contribution < 1.29 is 22.8 Å². The van der Waals surface area contributed by atoms with Gasteiger partial charge in [-0.25, -0.2) is 4.98 Å². The van der Waals surface area contributed by atoms with Gasteiger partial charge in [-0.15, -0.1) is 0 Å². The molecule has 2 amide bonds. The molecule has 2 fully saturated rings. The molecule has 32 heavy (non-hydrogen) atoms. The summed E-state index contributed by atoms with van der Waals surface area (Å²) < 4.78 is 40.5. The van der Waals surface area contributed by atoms with Crippen LogP contribution in [0, 0.1) is 0 Å². The third-order valence-electron chi connectivity index (χ3n) is 6.27. The minimum atomic E-state index is -4.53. The molecule has 0 spiro atoms. The van der Waals surface area contributed by atoms with Crippen molar-refractivity contribution in [3.05, 3.63) is 54.1 Å². The maximum absolute atomic E-state index is 12.8. The number of hydrogen-bond acceptors (Lipinski definition) is 4. The summed E-state index contributed by atoms with van der Waals surface area (Å²) in [5, 5.41) is 5.26. The van der Waals surface area contributed by atoms with Crippen LogP contribution in [0.4, 0.5) is 13.2 Å². The molecule has 10 heteroatoms. The number of likely N-dealkylation sites (tertiary alicyclic amines) is 1. The van der Waals surface area contributed by atoms with Crippen molar-refractivity contribution in [2.45, 2.75) is 50.0 Å². The first-order valence-corrected chi connectivity index (χ1v) is 10.8. The Morgan fingerprint density at radius 2 is 1.81 bits per heavy atom. The molecule has 2 aliphatic rings. The summed E-state index contributed by atoms with van der Waals surface area (Å²) in [6.45, 7) is 1.27. The SMILES string of the molecule is O=C(CNC(=O)c1cccc(C(F)(F)F)c1)NC1CN(C2CCC(n3ccnc3)CC2)C1. The van der Waals surface area contributed by atoms with E-state index < -0.39 is 17.6 Å². The summed E-state index contributed by atoms with van der Waals surface area (Å²) in [5.41, 5.74) is -1.03. The van der Waals surface area contributed by atoms with Crippen molar-refractivity contribution in [1.29, 1.82) is 0 Å². The van der Waals surface area contributed by atoms with Crippen molar-refractivity contribution in [2.24, 2.45) is 0 Å². The molecular formula is C22H26F3N5O2. The standard InChI is InChI=1S/C22H26F3N5O2/c23-22(24,25)16-3-1-2-15(10-16)21(32)27-11-20(31)28-17-12-30(13-17)19-6-4-18(5-7-19)29-9-8-26-14-29/h1-3,8-10,14,17-19H,4-7,11-13H2,(H,27,32)(H,28,31). The molecule has 0 unspecified atom stereocenters. The molecule has 0 bridgehead atoms. The Hall–Kier alpha value is -2.88. The van der Waals surface area contributed by atoms with Crippen molar-refractivity contribution in [3.63, 3.8) is 0 Å². The quantitative estimate of drug-likeness (QED) is 0.711.